The molecule has 1 aliphatic rings. The summed E-state index contributed by atoms with van der Waals surface area (Å²) in [5.41, 5.74) is -0.659. The van der Waals surface area contributed by atoms with Crippen molar-refractivity contribution in [2.24, 2.45) is 5.92 Å². The molecule has 1 N–H and O–H groups in total. The zero-order valence-corrected chi connectivity index (χ0v) is 8.71. The van der Waals surface area contributed by atoms with Crippen molar-refractivity contribution in [2.75, 3.05) is 13.1 Å². The standard InChI is InChI=1S/C10H19NO2/c1-8(12)11-6-4-5-9(7-11)10(2,3)13/h9,13H,4-7H2,1-3H3. The topological polar surface area (TPSA) is 40.5 Å². The molecule has 1 unspecified atom stereocenters. The molecule has 0 aliphatic carbocycles. The van der Waals surface area contributed by atoms with Crippen LogP contribution in [-0.2, 0) is 4.79 Å². The summed E-state index contributed by atoms with van der Waals surface area (Å²) in [5, 5.41) is 9.80. The molecule has 1 rings (SSSR count). The first-order chi connectivity index (χ1) is 5.91. The van der Waals surface area contributed by atoms with E-state index in [0.29, 0.717) is 6.54 Å². The van der Waals surface area contributed by atoms with Crippen molar-refractivity contribution in [2.45, 2.75) is 39.2 Å². The van der Waals surface area contributed by atoms with Gasteiger partial charge in [-0.25, -0.2) is 0 Å². The van der Waals surface area contributed by atoms with Gasteiger partial charge in [0.25, 0.3) is 0 Å². The zero-order chi connectivity index (χ0) is 10.1. The summed E-state index contributed by atoms with van der Waals surface area (Å²) in [5.74, 6) is 0.346. The quantitative estimate of drug-likeness (QED) is 0.662. The Hall–Kier alpha value is -0.570. The molecule has 0 radical (unpaired) electrons. The van der Waals surface area contributed by atoms with Crippen LogP contribution in [0.15, 0.2) is 0 Å². The van der Waals surface area contributed by atoms with Gasteiger partial charge >= 0.3 is 0 Å². The molecule has 1 saturated heterocycles. The first kappa shape index (κ1) is 10.5. The molecule has 13 heavy (non-hydrogen) atoms. The van der Waals surface area contributed by atoms with Crippen molar-refractivity contribution >= 4 is 5.91 Å². The molecule has 3 nitrogen and oxygen atoms in total. The predicted octanol–water partition coefficient (Wildman–Crippen LogP) is 1.02. The molecule has 0 aromatic carbocycles. The van der Waals surface area contributed by atoms with Crippen LogP contribution in [0.2, 0.25) is 0 Å². The number of carbonyl (C=O) groups is 1. The minimum absolute atomic E-state index is 0.119. The second-order valence-electron chi connectivity index (χ2n) is 4.46. The van der Waals surface area contributed by atoms with Crippen LogP contribution >= 0.6 is 0 Å². The van der Waals surface area contributed by atoms with Crippen LogP contribution in [0.25, 0.3) is 0 Å². The molecule has 1 heterocycles. The van der Waals surface area contributed by atoms with Gasteiger partial charge in [0.1, 0.15) is 0 Å². The summed E-state index contributed by atoms with van der Waals surface area (Å²) in [6, 6.07) is 0. The molecule has 1 fully saturated rings. The molecule has 1 atom stereocenters. The highest BCUT2D eigenvalue weighted by atomic mass is 16.3. The van der Waals surface area contributed by atoms with Gasteiger partial charge in [0, 0.05) is 25.9 Å². The molecule has 0 saturated carbocycles. The van der Waals surface area contributed by atoms with Crippen LogP contribution in [0.5, 0.6) is 0 Å². The maximum absolute atomic E-state index is 11.1. The molecule has 3 heteroatoms. The van der Waals surface area contributed by atoms with E-state index >= 15 is 0 Å². The summed E-state index contributed by atoms with van der Waals surface area (Å²) in [6.45, 7) is 6.79. The molecular formula is C10H19NO2. The molecular weight excluding hydrogens is 166 g/mol. The molecule has 0 aromatic heterocycles. The van der Waals surface area contributed by atoms with Crippen LogP contribution in [0.4, 0.5) is 0 Å². The predicted molar refractivity (Wildman–Crippen MR) is 51.3 cm³/mol. The molecule has 0 aromatic rings. The summed E-state index contributed by atoms with van der Waals surface area (Å²) in [6.07, 6.45) is 2.03. The monoisotopic (exact) mass is 185 g/mol. The second-order valence-corrected chi connectivity index (χ2v) is 4.46. The number of hydrogen-bond donors (Lipinski definition) is 1. The minimum Gasteiger partial charge on any atom is -0.390 e. The number of rotatable bonds is 1. The first-order valence-electron chi connectivity index (χ1n) is 4.89. The lowest BCUT2D eigenvalue weighted by molar-refractivity contribution is -0.132. The second kappa shape index (κ2) is 3.66. The lowest BCUT2D eigenvalue weighted by Gasteiger charge is -2.38. The van der Waals surface area contributed by atoms with Crippen LogP contribution in [0.3, 0.4) is 0 Å². The molecule has 1 aliphatic heterocycles. The largest absolute Gasteiger partial charge is 0.390 e. The van der Waals surface area contributed by atoms with Gasteiger partial charge in [-0.1, -0.05) is 0 Å². The maximum Gasteiger partial charge on any atom is 0.219 e. The van der Waals surface area contributed by atoms with E-state index in [1.54, 1.807) is 6.92 Å². The number of aliphatic hydroxyl groups is 1. The fourth-order valence-electron chi connectivity index (χ4n) is 1.84. The van der Waals surface area contributed by atoms with Crippen LogP contribution in [0.1, 0.15) is 33.6 Å². The highest BCUT2D eigenvalue weighted by Crippen LogP contribution is 2.26. The van der Waals surface area contributed by atoms with Gasteiger partial charge in [-0.05, 0) is 26.7 Å². The Morgan fingerprint density at radius 2 is 2.15 bits per heavy atom. The van der Waals surface area contributed by atoms with Gasteiger partial charge in [0.05, 0.1) is 5.60 Å². The van der Waals surface area contributed by atoms with E-state index in [9.17, 15) is 9.90 Å². The first-order valence-corrected chi connectivity index (χ1v) is 4.89. The molecule has 0 spiro atoms. The Morgan fingerprint density at radius 3 is 2.62 bits per heavy atom. The Morgan fingerprint density at radius 1 is 1.54 bits per heavy atom. The summed E-state index contributed by atoms with van der Waals surface area (Å²) >= 11 is 0. The number of hydrogen-bond acceptors (Lipinski definition) is 2. The molecule has 1 amide bonds. The van der Waals surface area contributed by atoms with Crippen LogP contribution in [-0.4, -0.2) is 34.6 Å². The number of carbonyl (C=O) groups excluding carboxylic acids is 1. The van der Waals surface area contributed by atoms with Crippen molar-refractivity contribution in [3.8, 4) is 0 Å². The Labute approximate surface area is 79.7 Å². The van der Waals surface area contributed by atoms with E-state index in [0.717, 1.165) is 19.4 Å². The van der Waals surface area contributed by atoms with Crippen LogP contribution in [0, 0.1) is 5.92 Å². The van der Waals surface area contributed by atoms with Gasteiger partial charge in [0.2, 0.25) is 5.91 Å². The van der Waals surface area contributed by atoms with Gasteiger partial charge in [-0.2, -0.15) is 0 Å². The average molecular weight is 185 g/mol. The van der Waals surface area contributed by atoms with Crippen molar-refractivity contribution in [1.29, 1.82) is 0 Å². The third-order valence-corrected chi connectivity index (χ3v) is 2.87. The van der Waals surface area contributed by atoms with Crippen molar-refractivity contribution < 1.29 is 9.90 Å². The zero-order valence-electron chi connectivity index (χ0n) is 8.71. The lowest BCUT2D eigenvalue weighted by atomic mass is 9.84. The Kier molecular flexibility index (Phi) is 2.96. The van der Waals surface area contributed by atoms with Crippen molar-refractivity contribution in [1.82, 2.24) is 4.90 Å². The van der Waals surface area contributed by atoms with Crippen LogP contribution < -0.4 is 0 Å². The third kappa shape index (κ3) is 2.69. The highest BCUT2D eigenvalue weighted by molar-refractivity contribution is 5.73. The summed E-state index contributed by atoms with van der Waals surface area (Å²) in [4.78, 5) is 12.9. The number of piperidine rings is 1. The smallest absolute Gasteiger partial charge is 0.219 e. The SMILES string of the molecule is CC(=O)N1CCCC(C(C)(C)O)C1. The Bertz CT molecular complexity index is 196. The van der Waals surface area contributed by atoms with E-state index in [-0.39, 0.29) is 11.8 Å². The third-order valence-electron chi connectivity index (χ3n) is 2.87. The summed E-state index contributed by atoms with van der Waals surface area (Å²) in [7, 11) is 0. The summed E-state index contributed by atoms with van der Waals surface area (Å²) < 4.78 is 0. The lowest BCUT2D eigenvalue weighted by Crippen LogP contribution is -2.46. The van der Waals surface area contributed by atoms with E-state index in [1.165, 1.54) is 0 Å². The number of likely N-dealkylation sites (tertiary alicyclic amines) is 1. The van der Waals surface area contributed by atoms with Crippen molar-refractivity contribution in [3.63, 3.8) is 0 Å². The maximum atomic E-state index is 11.1. The normalized spacial score (nSPS) is 24.6. The Balaban J connectivity index is 2.57. The average Bonchev–Trinajstić information content (AvgIpc) is 2.03. The van der Waals surface area contributed by atoms with Crippen molar-refractivity contribution in [3.05, 3.63) is 0 Å². The number of nitrogens with zero attached hydrogens (tertiary/aromatic N) is 1. The van der Waals surface area contributed by atoms with Gasteiger partial charge in [-0.3, -0.25) is 4.79 Å². The minimum atomic E-state index is -0.659. The fourth-order valence-corrected chi connectivity index (χ4v) is 1.84. The van der Waals surface area contributed by atoms with E-state index < -0.39 is 5.60 Å². The fraction of sp³-hybridized carbons (Fsp3) is 0.900. The molecule has 76 valence electrons. The van der Waals surface area contributed by atoms with E-state index in [2.05, 4.69) is 0 Å². The molecule has 0 bridgehead atoms. The van der Waals surface area contributed by atoms with Gasteiger partial charge in [-0.15, -0.1) is 0 Å². The van der Waals surface area contributed by atoms with Gasteiger partial charge < -0.3 is 10.0 Å². The van der Waals surface area contributed by atoms with Gasteiger partial charge in [0.15, 0.2) is 0 Å². The highest BCUT2D eigenvalue weighted by Gasteiger charge is 2.31. The number of amides is 1. The van der Waals surface area contributed by atoms with E-state index in [4.69, 9.17) is 0 Å². The van der Waals surface area contributed by atoms with E-state index in [1.807, 2.05) is 18.7 Å².